The summed E-state index contributed by atoms with van der Waals surface area (Å²) in [5, 5.41) is 3.51. The lowest BCUT2D eigenvalue weighted by atomic mass is 10.00. The van der Waals surface area contributed by atoms with Gasteiger partial charge < -0.3 is 15.3 Å². The van der Waals surface area contributed by atoms with Crippen molar-refractivity contribution >= 4 is 39.9 Å². The van der Waals surface area contributed by atoms with Gasteiger partial charge in [0.25, 0.3) is 0 Å². The summed E-state index contributed by atoms with van der Waals surface area (Å²) in [6.45, 7) is 7.53. The number of rotatable bonds is 6. The SMILES string of the molecule is C=C/C=C(\C=C)CCC1N=C(c2ccc3[nH]c(=O)[nH]c3c2)c2cc(Cl)ccc2NC1=O. The summed E-state index contributed by atoms with van der Waals surface area (Å²) in [5.74, 6) is -0.184. The third-order valence-corrected chi connectivity index (χ3v) is 5.41. The van der Waals surface area contributed by atoms with Crippen LogP contribution in [-0.2, 0) is 4.79 Å². The first-order chi connectivity index (χ1) is 15.0. The van der Waals surface area contributed by atoms with Crippen LogP contribution in [0.4, 0.5) is 5.69 Å². The number of aliphatic imine (C=N–C) groups is 1. The van der Waals surface area contributed by atoms with Gasteiger partial charge in [0.05, 0.1) is 22.4 Å². The molecule has 1 aromatic heterocycles. The molecule has 7 heteroatoms. The summed E-state index contributed by atoms with van der Waals surface area (Å²) in [6, 6.07) is 10.2. The summed E-state index contributed by atoms with van der Waals surface area (Å²) < 4.78 is 0. The van der Waals surface area contributed by atoms with Gasteiger partial charge in [-0.1, -0.05) is 49.1 Å². The van der Waals surface area contributed by atoms with Crippen molar-refractivity contribution < 1.29 is 4.79 Å². The Morgan fingerprint density at radius 1 is 1.10 bits per heavy atom. The van der Waals surface area contributed by atoms with E-state index in [1.807, 2.05) is 24.3 Å². The molecule has 31 heavy (non-hydrogen) atoms. The van der Waals surface area contributed by atoms with Crippen LogP contribution in [-0.4, -0.2) is 27.6 Å². The van der Waals surface area contributed by atoms with Gasteiger partial charge in [-0.15, -0.1) is 0 Å². The number of amides is 1. The Balaban J connectivity index is 1.81. The van der Waals surface area contributed by atoms with Crippen molar-refractivity contribution in [1.29, 1.82) is 0 Å². The molecule has 1 atom stereocenters. The molecule has 2 heterocycles. The number of aromatic amines is 2. The molecule has 6 nitrogen and oxygen atoms in total. The van der Waals surface area contributed by atoms with Crippen molar-refractivity contribution in [1.82, 2.24) is 9.97 Å². The number of carbonyl (C=O) groups is 1. The highest BCUT2D eigenvalue weighted by molar-refractivity contribution is 6.32. The number of imidazole rings is 1. The molecule has 1 aliphatic rings. The van der Waals surface area contributed by atoms with Crippen molar-refractivity contribution in [3.63, 3.8) is 0 Å². The fourth-order valence-electron chi connectivity index (χ4n) is 3.64. The number of halogens is 1. The monoisotopic (exact) mass is 432 g/mol. The van der Waals surface area contributed by atoms with Crippen molar-refractivity contribution in [3.8, 4) is 0 Å². The predicted molar refractivity (Wildman–Crippen MR) is 126 cm³/mol. The molecular formula is C24H21ClN4O2. The second-order valence-electron chi connectivity index (χ2n) is 7.23. The quantitative estimate of drug-likeness (QED) is 0.491. The second-order valence-corrected chi connectivity index (χ2v) is 7.67. The van der Waals surface area contributed by atoms with Crippen LogP contribution in [0.25, 0.3) is 11.0 Å². The molecule has 0 saturated carbocycles. The molecule has 1 aliphatic heterocycles. The van der Waals surface area contributed by atoms with Crippen LogP contribution in [0.15, 0.2) is 83.1 Å². The van der Waals surface area contributed by atoms with Gasteiger partial charge >= 0.3 is 5.69 Å². The second kappa shape index (κ2) is 8.62. The Bertz CT molecular complexity index is 1310. The molecule has 0 fully saturated rings. The highest BCUT2D eigenvalue weighted by atomic mass is 35.5. The Kier molecular flexibility index (Phi) is 5.73. The van der Waals surface area contributed by atoms with Crippen LogP contribution in [0.5, 0.6) is 0 Å². The summed E-state index contributed by atoms with van der Waals surface area (Å²) in [6.07, 6.45) is 6.46. The van der Waals surface area contributed by atoms with E-state index in [2.05, 4.69) is 28.4 Å². The Morgan fingerprint density at radius 2 is 1.90 bits per heavy atom. The molecule has 4 rings (SSSR count). The molecule has 3 aromatic rings. The topological polar surface area (TPSA) is 90.1 Å². The van der Waals surface area contributed by atoms with E-state index in [0.717, 1.165) is 16.7 Å². The van der Waals surface area contributed by atoms with Crippen LogP contribution in [0.2, 0.25) is 5.02 Å². The first kappa shape index (κ1) is 20.6. The highest BCUT2D eigenvalue weighted by Crippen LogP contribution is 2.29. The summed E-state index contributed by atoms with van der Waals surface area (Å²) in [7, 11) is 0. The van der Waals surface area contributed by atoms with E-state index in [0.29, 0.717) is 40.3 Å². The van der Waals surface area contributed by atoms with E-state index in [1.165, 1.54) is 0 Å². The summed E-state index contributed by atoms with van der Waals surface area (Å²) in [5.41, 5.74) is 4.85. The minimum atomic E-state index is -0.602. The lowest BCUT2D eigenvalue weighted by molar-refractivity contribution is -0.117. The summed E-state index contributed by atoms with van der Waals surface area (Å²) >= 11 is 6.26. The fraction of sp³-hybridized carbons (Fsp3) is 0.125. The molecule has 156 valence electrons. The average Bonchev–Trinajstić information content (AvgIpc) is 3.06. The Hall–Kier alpha value is -3.64. The van der Waals surface area contributed by atoms with Crippen LogP contribution in [0, 0.1) is 0 Å². The van der Waals surface area contributed by atoms with E-state index in [4.69, 9.17) is 16.6 Å². The largest absolute Gasteiger partial charge is 0.324 e. The number of nitrogens with zero attached hydrogens (tertiary/aromatic N) is 1. The molecule has 1 amide bonds. The number of fused-ring (bicyclic) bond motifs is 2. The van der Waals surface area contributed by atoms with Crippen LogP contribution in [0.1, 0.15) is 24.0 Å². The number of benzene rings is 2. The van der Waals surface area contributed by atoms with E-state index in [1.54, 1.807) is 30.4 Å². The average molecular weight is 433 g/mol. The van der Waals surface area contributed by atoms with Gasteiger partial charge in [0.1, 0.15) is 6.04 Å². The van der Waals surface area contributed by atoms with Crippen LogP contribution in [0.3, 0.4) is 0 Å². The Morgan fingerprint density at radius 3 is 2.68 bits per heavy atom. The molecule has 3 N–H and O–H groups in total. The van der Waals surface area contributed by atoms with E-state index in [9.17, 15) is 9.59 Å². The number of allylic oxidation sites excluding steroid dienone is 4. The lowest BCUT2D eigenvalue weighted by Crippen LogP contribution is -2.25. The Labute approximate surface area is 184 Å². The van der Waals surface area contributed by atoms with Crippen molar-refractivity contribution in [2.75, 3.05) is 5.32 Å². The highest BCUT2D eigenvalue weighted by Gasteiger charge is 2.26. The third kappa shape index (κ3) is 4.29. The molecule has 0 bridgehead atoms. The lowest BCUT2D eigenvalue weighted by Gasteiger charge is -2.11. The fourth-order valence-corrected chi connectivity index (χ4v) is 3.81. The first-order valence-corrected chi connectivity index (χ1v) is 10.2. The maximum Gasteiger partial charge on any atom is 0.323 e. The number of anilines is 1. The van der Waals surface area contributed by atoms with E-state index < -0.39 is 6.04 Å². The smallest absolute Gasteiger partial charge is 0.323 e. The van der Waals surface area contributed by atoms with E-state index >= 15 is 0 Å². The van der Waals surface area contributed by atoms with Gasteiger partial charge in [-0.25, -0.2) is 4.79 Å². The molecule has 2 aromatic carbocycles. The van der Waals surface area contributed by atoms with E-state index in [-0.39, 0.29) is 11.6 Å². The first-order valence-electron chi connectivity index (χ1n) is 9.83. The molecule has 0 aliphatic carbocycles. The molecule has 0 radical (unpaired) electrons. The standard InChI is InChI=1S/C24H21ClN4O2/c1-3-5-14(4-2)6-9-20-23(30)27-18-11-8-16(25)13-17(18)22(26-20)15-7-10-19-21(12-15)29-24(31)28-19/h3-5,7-8,10-13,20H,1-2,6,9H2,(H,27,30)(H2,28,29,31)/b14-5+. The van der Waals surface area contributed by atoms with Gasteiger partial charge in [0, 0.05) is 16.1 Å². The zero-order chi connectivity index (χ0) is 22.0. The minimum absolute atomic E-state index is 0.184. The van der Waals surface area contributed by atoms with Gasteiger partial charge in [0.15, 0.2) is 0 Å². The number of nitrogens with one attached hydrogen (secondary N) is 3. The number of benzodiazepines with no additional fused rings is 1. The van der Waals surface area contributed by atoms with Crippen molar-refractivity contribution in [3.05, 3.63) is 100.0 Å². The van der Waals surface area contributed by atoms with Gasteiger partial charge in [0.2, 0.25) is 5.91 Å². The number of carbonyl (C=O) groups excluding carboxylic acids is 1. The minimum Gasteiger partial charge on any atom is -0.324 e. The zero-order valence-corrected chi connectivity index (χ0v) is 17.5. The normalized spacial score (nSPS) is 16.3. The maximum absolute atomic E-state index is 12.9. The third-order valence-electron chi connectivity index (χ3n) is 5.17. The molecule has 0 saturated heterocycles. The van der Waals surface area contributed by atoms with Crippen LogP contribution < -0.4 is 11.0 Å². The summed E-state index contributed by atoms with van der Waals surface area (Å²) in [4.78, 5) is 35.0. The van der Waals surface area contributed by atoms with Crippen molar-refractivity contribution in [2.24, 2.45) is 4.99 Å². The number of H-pyrrole nitrogens is 2. The number of aromatic nitrogens is 2. The van der Waals surface area contributed by atoms with Gasteiger partial charge in [-0.05, 0) is 48.7 Å². The van der Waals surface area contributed by atoms with Crippen molar-refractivity contribution in [2.45, 2.75) is 18.9 Å². The molecule has 0 spiro atoms. The number of hydrogen-bond donors (Lipinski definition) is 3. The predicted octanol–water partition coefficient (Wildman–Crippen LogP) is 4.75. The number of hydrogen-bond acceptors (Lipinski definition) is 3. The van der Waals surface area contributed by atoms with Crippen LogP contribution >= 0.6 is 11.6 Å². The van der Waals surface area contributed by atoms with Gasteiger partial charge in [-0.3, -0.25) is 9.79 Å². The zero-order valence-electron chi connectivity index (χ0n) is 16.7. The van der Waals surface area contributed by atoms with Gasteiger partial charge in [-0.2, -0.15) is 0 Å². The molecular weight excluding hydrogens is 412 g/mol. The molecule has 1 unspecified atom stereocenters. The maximum atomic E-state index is 12.9.